The fourth-order valence-electron chi connectivity index (χ4n) is 0.869. The molecular weight excluding hydrogens is 220 g/mol. The van der Waals surface area contributed by atoms with Crippen molar-refractivity contribution in [2.75, 3.05) is 13.2 Å². The summed E-state index contributed by atoms with van der Waals surface area (Å²) in [5.74, 6) is -0.220. The number of ether oxygens (including phenoxy) is 1. The van der Waals surface area contributed by atoms with Crippen molar-refractivity contribution in [2.45, 2.75) is 58.7 Å². The highest BCUT2D eigenvalue weighted by Gasteiger charge is 2.40. The van der Waals surface area contributed by atoms with Crippen LogP contribution in [0.3, 0.4) is 0 Å². The third-order valence-corrected chi connectivity index (χ3v) is 7.39. The molecule has 0 aliphatic rings. The van der Waals surface area contributed by atoms with Gasteiger partial charge in [-0.2, -0.15) is 0 Å². The standard InChI is InChI=1S/C12H26O3Si/c1-7-8-9-14-10-11(13)15-16(5,6)12(2,3)4/h7-10H2,1-6H3. The Morgan fingerprint density at radius 1 is 1.25 bits per heavy atom. The van der Waals surface area contributed by atoms with Gasteiger partial charge in [-0.1, -0.05) is 34.1 Å². The molecule has 0 unspecified atom stereocenters. The molecule has 0 spiro atoms. The molecule has 0 N–H and O–H groups in total. The van der Waals surface area contributed by atoms with Crippen LogP contribution < -0.4 is 0 Å². The van der Waals surface area contributed by atoms with Gasteiger partial charge in [-0.25, -0.2) is 0 Å². The fourth-order valence-corrected chi connectivity index (χ4v) is 1.80. The van der Waals surface area contributed by atoms with E-state index < -0.39 is 8.32 Å². The second-order valence-corrected chi connectivity index (χ2v) is 10.4. The summed E-state index contributed by atoms with van der Waals surface area (Å²) < 4.78 is 10.8. The van der Waals surface area contributed by atoms with Crippen LogP contribution in [0.15, 0.2) is 0 Å². The molecule has 0 amide bonds. The molecule has 0 aliphatic heterocycles. The van der Waals surface area contributed by atoms with E-state index in [1.807, 2.05) is 0 Å². The van der Waals surface area contributed by atoms with E-state index in [9.17, 15) is 4.79 Å². The summed E-state index contributed by atoms with van der Waals surface area (Å²) in [5, 5.41) is 0.0616. The number of unbranched alkanes of at least 4 members (excludes halogenated alkanes) is 1. The molecule has 0 rings (SSSR count). The maximum absolute atomic E-state index is 11.6. The second kappa shape index (κ2) is 6.40. The molecule has 0 radical (unpaired) electrons. The summed E-state index contributed by atoms with van der Waals surface area (Å²) in [6, 6.07) is 0. The first-order valence-corrected chi connectivity index (χ1v) is 8.91. The van der Waals surface area contributed by atoms with Crippen LogP contribution in [-0.4, -0.2) is 27.5 Å². The van der Waals surface area contributed by atoms with Gasteiger partial charge in [-0.05, 0) is 24.6 Å². The monoisotopic (exact) mass is 246 g/mol. The molecule has 4 heteroatoms. The number of carbonyl (C=O) groups is 1. The highest BCUT2D eigenvalue weighted by molar-refractivity contribution is 6.75. The lowest BCUT2D eigenvalue weighted by molar-refractivity contribution is -0.140. The van der Waals surface area contributed by atoms with Gasteiger partial charge >= 0.3 is 5.97 Å². The molecule has 96 valence electrons. The zero-order valence-electron chi connectivity index (χ0n) is 11.6. The van der Waals surface area contributed by atoms with Gasteiger partial charge in [0, 0.05) is 6.61 Å². The molecule has 0 bridgehead atoms. The van der Waals surface area contributed by atoms with Gasteiger partial charge in [-0.15, -0.1) is 0 Å². The average Bonchev–Trinajstić information content (AvgIpc) is 2.10. The Kier molecular flexibility index (Phi) is 6.26. The minimum Gasteiger partial charge on any atom is -0.517 e. The summed E-state index contributed by atoms with van der Waals surface area (Å²) in [6.45, 7) is 13.3. The molecule has 0 aliphatic carbocycles. The van der Waals surface area contributed by atoms with Gasteiger partial charge in [0.1, 0.15) is 6.61 Å². The number of hydrogen-bond acceptors (Lipinski definition) is 3. The van der Waals surface area contributed by atoms with Crippen LogP contribution >= 0.6 is 0 Å². The molecule has 3 nitrogen and oxygen atoms in total. The largest absolute Gasteiger partial charge is 0.517 e. The highest BCUT2D eigenvalue weighted by atomic mass is 28.4. The third kappa shape index (κ3) is 5.65. The van der Waals surface area contributed by atoms with Crippen molar-refractivity contribution in [2.24, 2.45) is 0 Å². The molecule has 0 atom stereocenters. The van der Waals surface area contributed by atoms with Crippen molar-refractivity contribution in [3.8, 4) is 0 Å². The van der Waals surface area contributed by atoms with Crippen molar-refractivity contribution in [3.63, 3.8) is 0 Å². The van der Waals surface area contributed by atoms with Crippen LogP contribution in [0.25, 0.3) is 0 Å². The molecule has 16 heavy (non-hydrogen) atoms. The molecule has 0 aromatic carbocycles. The van der Waals surface area contributed by atoms with Gasteiger partial charge in [0.05, 0.1) is 0 Å². The maximum atomic E-state index is 11.6. The van der Waals surface area contributed by atoms with E-state index in [-0.39, 0.29) is 17.6 Å². The van der Waals surface area contributed by atoms with Crippen molar-refractivity contribution in [3.05, 3.63) is 0 Å². The number of carbonyl (C=O) groups excluding carboxylic acids is 1. The summed E-state index contributed by atoms with van der Waals surface area (Å²) in [6.07, 6.45) is 2.07. The van der Waals surface area contributed by atoms with E-state index >= 15 is 0 Å². The first-order valence-electron chi connectivity index (χ1n) is 6.00. The maximum Gasteiger partial charge on any atom is 0.318 e. The first kappa shape index (κ1) is 15.6. The Bertz CT molecular complexity index is 219. The van der Waals surface area contributed by atoms with E-state index in [1.54, 1.807) is 0 Å². The van der Waals surface area contributed by atoms with Gasteiger partial charge in [0.15, 0.2) is 0 Å². The molecular formula is C12H26O3Si. The van der Waals surface area contributed by atoms with Gasteiger partial charge in [0.25, 0.3) is 8.32 Å². The van der Waals surface area contributed by atoms with Crippen molar-refractivity contribution >= 4 is 14.3 Å². The van der Waals surface area contributed by atoms with Crippen molar-refractivity contribution in [1.29, 1.82) is 0 Å². The van der Waals surface area contributed by atoms with Crippen LogP contribution in [0.4, 0.5) is 0 Å². The van der Waals surface area contributed by atoms with E-state index in [4.69, 9.17) is 9.16 Å². The van der Waals surface area contributed by atoms with Crippen LogP contribution in [-0.2, 0) is 14.0 Å². The minimum atomic E-state index is -1.97. The van der Waals surface area contributed by atoms with Crippen LogP contribution in [0.2, 0.25) is 18.1 Å². The molecule has 0 saturated heterocycles. The van der Waals surface area contributed by atoms with Crippen molar-refractivity contribution < 1.29 is 14.0 Å². The Balaban J connectivity index is 3.96. The Labute approximate surface area is 101 Å². The van der Waals surface area contributed by atoms with Crippen LogP contribution in [0, 0.1) is 0 Å². The quantitative estimate of drug-likeness (QED) is 0.532. The predicted molar refractivity (Wildman–Crippen MR) is 69.0 cm³/mol. The van der Waals surface area contributed by atoms with Crippen molar-refractivity contribution in [1.82, 2.24) is 0 Å². The van der Waals surface area contributed by atoms with Gasteiger partial charge < -0.3 is 9.16 Å². The Morgan fingerprint density at radius 3 is 2.25 bits per heavy atom. The summed E-state index contributed by atoms with van der Waals surface area (Å²) in [4.78, 5) is 11.6. The third-order valence-electron chi connectivity index (χ3n) is 3.04. The number of rotatable bonds is 6. The summed E-state index contributed by atoms with van der Waals surface area (Å²) in [5.41, 5.74) is 0. The van der Waals surface area contributed by atoms with Crippen LogP contribution in [0.5, 0.6) is 0 Å². The lowest BCUT2D eigenvalue weighted by Gasteiger charge is -2.35. The molecule has 0 aromatic rings. The smallest absolute Gasteiger partial charge is 0.318 e. The SMILES string of the molecule is CCCCOCC(=O)O[Si](C)(C)C(C)(C)C. The lowest BCUT2D eigenvalue weighted by atomic mass is 10.2. The van der Waals surface area contributed by atoms with E-state index in [0.717, 1.165) is 12.8 Å². The summed E-state index contributed by atoms with van der Waals surface area (Å²) in [7, 11) is -1.97. The zero-order chi connectivity index (χ0) is 12.8. The zero-order valence-corrected chi connectivity index (χ0v) is 12.6. The first-order chi connectivity index (χ1) is 7.20. The Morgan fingerprint density at radius 2 is 1.81 bits per heavy atom. The highest BCUT2D eigenvalue weighted by Crippen LogP contribution is 2.36. The predicted octanol–water partition coefficient (Wildman–Crippen LogP) is 3.35. The van der Waals surface area contributed by atoms with E-state index in [2.05, 4.69) is 40.8 Å². The normalized spacial score (nSPS) is 12.6. The summed E-state index contributed by atoms with van der Waals surface area (Å²) >= 11 is 0. The molecule has 0 saturated carbocycles. The van der Waals surface area contributed by atoms with E-state index in [1.165, 1.54) is 0 Å². The van der Waals surface area contributed by atoms with Crippen LogP contribution in [0.1, 0.15) is 40.5 Å². The molecule has 0 heterocycles. The lowest BCUT2D eigenvalue weighted by Crippen LogP contribution is -2.43. The van der Waals surface area contributed by atoms with Gasteiger partial charge in [-0.3, -0.25) is 4.79 Å². The topological polar surface area (TPSA) is 35.5 Å². The molecule has 0 aromatic heterocycles. The van der Waals surface area contributed by atoms with E-state index in [0.29, 0.717) is 6.61 Å². The Hall–Kier alpha value is -0.353. The van der Waals surface area contributed by atoms with Gasteiger partial charge in [0.2, 0.25) is 0 Å². The minimum absolute atomic E-state index is 0.0616. The number of hydrogen-bond donors (Lipinski definition) is 0. The fraction of sp³-hybridized carbons (Fsp3) is 0.917. The second-order valence-electron chi connectivity index (χ2n) is 5.64. The average molecular weight is 246 g/mol. The molecule has 0 fully saturated rings.